The fraction of sp³-hybridized carbons (Fsp3) is 0.615. The van der Waals surface area contributed by atoms with E-state index in [-0.39, 0.29) is 5.43 Å². The Morgan fingerprint density at radius 3 is 2.72 bits per heavy atom. The highest BCUT2D eigenvalue weighted by atomic mass is 32.2. The molecule has 18 heavy (non-hydrogen) atoms. The Morgan fingerprint density at radius 1 is 1.44 bits per heavy atom. The van der Waals surface area contributed by atoms with Crippen LogP contribution in [0.4, 0.5) is 0 Å². The van der Waals surface area contributed by atoms with Gasteiger partial charge in [0.15, 0.2) is 5.75 Å². The fourth-order valence-corrected chi connectivity index (χ4v) is 2.89. The van der Waals surface area contributed by atoms with E-state index in [2.05, 4.69) is 4.98 Å². The van der Waals surface area contributed by atoms with Gasteiger partial charge in [-0.15, -0.1) is 0 Å². The molecule has 4 nitrogen and oxygen atoms in total. The molecule has 5 heteroatoms. The van der Waals surface area contributed by atoms with Crippen molar-refractivity contribution in [2.45, 2.75) is 32.9 Å². The molecule has 0 bridgehead atoms. The van der Waals surface area contributed by atoms with Crippen molar-refractivity contribution in [2.75, 3.05) is 12.4 Å². The molecule has 1 aromatic rings. The predicted molar refractivity (Wildman–Crippen MR) is 74.4 cm³/mol. The third kappa shape index (κ3) is 5.04. The van der Waals surface area contributed by atoms with Crippen molar-refractivity contribution in [3.05, 3.63) is 28.2 Å². The number of aromatic nitrogens is 1. The van der Waals surface area contributed by atoms with Gasteiger partial charge < -0.3 is 9.72 Å². The first-order valence-electron chi connectivity index (χ1n) is 6.22. The Bertz CT molecular complexity index is 454. The molecule has 0 aliphatic carbocycles. The molecule has 0 aliphatic rings. The van der Waals surface area contributed by atoms with Gasteiger partial charge in [0.1, 0.15) is 0 Å². The molecule has 1 aromatic heterocycles. The molecule has 0 aliphatic heterocycles. The maximum atomic E-state index is 11.7. The van der Waals surface area contributed by atoms with Crippen LogP contribution < -0.4 is 10.2 Å². The van der Waals surface area contributed by atoms with E-state index in [9.17, 15) is 9.00 Å². The summed E-state index contributed by atoms with van der Waals surface area (Å²) >= 11 is 0. The third-order valence-corrected chi connectivity index (χ3v) is 3.91. The van der Waals surface area contributed by atoms with Crippen molar-refractivity contribution in [1.29, 1.82) is 0 Å². The molecule has 0 aromatic carbocycles. The van der Waals surface area contributed by atoms with E-state index in [1.54, 1.807) is 6.20 Å². The minimum absolute atomic E-state index is 0.154. The summed E-state index contributed by atoms with van der Waals surface area (Å²) in [6, 6.07) is 1.48. The van der Waals surface area contributed by atoms with Gasteiger partial charge in [-0.2, -0.15) is 0 Å². The summed E-state index contributed by atoms with van der Waals surface area (Å²) < 4.78 is 17.0. The fourth-order valence-electron chi connectivity index (χ4n) is 1.51. The van der Waals surface area contributed by atoms with Gasteiger partial charge in [0.25, 0.3) is 0 Å². The van der Waals surface area contributed by atoms with Gasteiger partial charge in [0.05, 0.1) is 12.4 Å². The van der Waals surface area contributed by atoms with Crippen LogP contribution in [0, 0.1) is 5.92 Å². The Hall–Kier alpha value is -1.10. The van der Waals surface area contributed by atoms with Crippen molar-refractivity contribution >= 4 is 10.8 Å². The number of rotatable bonds is 7. The van der Waals surface area contributed by atoms with Gasteiger partial charge in [-0.05, 0) is 12.3 Å². The summed E-state index contributed by atoms with van der Waals surface area (Å²) in [6.45, 7) is 6.57. The molecule has 1 atom stereocenters. The molecular formula is C13H21NO3S. The van der Waals surface area contributed by atoms with Crippen molar-refractivity contribution < 1.29 is 8.95 Å². The first-order valence-corrected chi connectivity index (χ1v) is 7.71. The lowest BCUT2D eigenvalue weighted by Gasteiger charge is -2.07. The van der Waals surface area contributed by atoms with E-state index < -0.39 is 10.8 Å². The van der Waals surface area contributed by atoms with Crippen LogP contribution in [0.2, 0.25) is 0 Å². The molecule has 1 N–H and O–H groups in total. The quantitative estimate of drug-likeness (QED) is 0.826. The average molecular weight is 271 g/mol. The second kappa shape index (κ2) is 7.36. The van der Waals surface area contributed by atoms with Crippen LogP contribution >= 0.6 is 0 Å². The number of hydrogen-bond donors (Lipinski definition) is 1. The predicted octanol–water partition coefficient (Wildman–Crippen LogP) is 2.07. The monoisotopic (exact) mass is 271 g/mol. The van der Waals surface area contributed by atoms with Crippen LogP contribution in [0.15, 0.2) is 17.1 Å². The van der Waals surface area contributed by atoms with E-state index in [4.69, 9.17) is 4.74 Å². The lowest BCUT2D eigenvalue weighted by Crippen LogP contribution is -2.12. The van der Waals surface area contributed by atoms with Crippen LogP contribution in [0.1, 0.15) is 32.9 Å². The van der Waals surface area contributed by atoms with Crippen LogP contribution in [-0.2, 0) is 16.6 Å². The Labute approximate surface area is 110 Å². The minimum Gasteiger partial charge on any atom is -0.488 e. The third-order valence-electron chi connectivity index (χ3n) is 2.23. The van der Waals surface area contributed by atoms with Crippen LogP contribution in [0.3, 0.4) is 0 Å². The first-order chi connectivity index (χ1) is 8.52. The van der Waals surface area contributed by atoms with Gasteiger partial charge >= 0.3 is 0 Å². The van der Waals surface area contributed by atoms with Gasteiger partial charge in [0, 0.05) is 34.5 Å². The SMILES string of the molecule is CCCOc1c[nH]c(CS(=O)CC(C)C)cc1=O. The highest BCUT2D eigenvalue weighted by molar-refractivity contribution is 7.84. The molecule has 0 amide bonds. The highest BCUT2D eigenvalue weighted by Gasteiger charge is 2.07. The van der Waals surface area contributed by atoms with Gasteiger partial charge in [-0.3, -0.25) is 9.00 Å². The molecule has 102 valence electrons. The standard InChI is InChI=1S/C13H21NO3S/c1-4-5-17-13-7-14-11(6-12(13)15)9-18(16)8-10(2)3/h6-7,10H,4-5,8-9H2,1-3H3,(H,14,15). The number of ether oxygens (including phenoxy) is 1. The summed E-state index contributed by atoms with van der Waals surface area (Å²) in [5, 5.41) is 0. The summed E-state index contributed by atoms with van der Waals surface area (Å²) in [6.07, 6.45) is 2.42. The lowest BCUT2D eigenvalue weighted by molar-refractivity contribution is 0.313. The molecule has 0 saturated carbocycles. The number of H-pyrrole nitrogens is 1. The van der Waals surface area contributed by atoms with E-state index in [0.717, 1.165) is 6.42 Å². The maximum absolute atomic E-state index is 11.7. The molecule has 0 saturated heterocycles. The average Bonchev–Trinajstić information content (AvgIpc) is 2.26. The topological polar surface area (TPSA) is 59.2 Å². The first kappa shape index (κ1) is 15.0. The van der Waals surface area contributed by atoms with Crippen LogP contribution in [0.25, 0.3) is 0 Å². The molecule has 0 fully saturated rings. The van der Waals surface area contributed by atoms with E-state index in [0.29, 0.717) is 35.5 Å². The summed E-state index contributed by atoms with van der Waals surface area (Å²) in [5.74, 6) is 1.76. The zero-order valence-corrected chi connectivity index (χ0v) is 12.0. The summed E-state index contributed by atoms with van der Waals surface area (Å²) in [7, 11) is -0.932. The Kier molecular flexibility index (Phi) is 6.12. The zero-order chi connectivity index (χ0) is 13.5. The Balaban J connectivity index is 2.66. The number of aromatic amines is 1. The summed E-state index contributed by atoms with van der Waals surface area (Å²) in [4.78, 5) is 14.7. The normalized spacial score (nSPS) is 12.7. The molecule has 1 rings (SSSR count). The van der Waals surface area contributed by atoms with Gasteiger partial charge in [-0.25, -0.2) is 0 Å². The number of nitrogens with one attached hydrogen (secondary N) is 1. The molecular weight excluding hydrogens is 250 g/mol. The van der Waals surface area contributed by atoms with E-state index >= 15 is 0 Å². The van der Waals surface area contributed by atoms with E-state index in [1.165, 1.54) is 6.07 Å². The second-order valence-corrected chi connectivity index (χ2v) is 6.18. The molecule has 1 unspecified atom stereocenters. The van der Waals surface area contributed by atoms with E-state index in [1.807, 2.05) is 20.8 Å². The molecule has 1 heterocycles. The number of pyridine rings is 1. The molecule has 0 radical (unpaired) electrons. The second-order valence-electron chi connectivity index (χ2n) is 4.68. The molecule has 0 spiro atoms. The number of hydrogen-bond acceptors (Lipinski definition) is 3. The van der Waals surface area contributed by atoms with Crippen molar-refractivity contribution in [3.63, 3.8) is 0 Å². The summed E-state index contributed by atoms with van der Waals surface area (Å²) in [5.41, 5.74) is 0.543. The van der Waals surface area contributed by atoms with Crippen LogP contribution in [-0.4, -0.2) is 21.6 Å². The van der Waals surface area contributed by atoms with Crippen molar-refractivity contribution in [2.24, 2.45) is 5.92 Å². The Morgan fingerprint density at radius 2 is 2.17 bits per heavy atom. The lowest BCUT2D eigenvalue weighted by atomic mass is 10.3. The van der Waals surface area contributed by atoms with Crippen molar-refractivity contribution in [3.8, 4) is 5.75 Å². The van der Waals surface area contributed by atoms with Gasteiger partial charge in [-0.1, -0.05) is 20.8 Å². The highest BCUT2D eigenvalue weighted by Crippen LogP contribution is 2.06. The maximum Gasteiger partial charge on any atom is 0.223 e. The largest absolute Gasteiger partial charge is 0.488 e. The smallest absolute Gasteiger partial charge is 0.223 e. The minimum atomic E-state index is -0.932. The zero-order valence-electron chi connectivity index (χ0n) is 11.2. The van der Waals surface area contributed by atoms with Crippen molar-refractivity contribution in [1.82, 2.24) is 4.98 Å². The van der Waals surface area contributed by atoms with Crippen LogP contribution in [0.5, 0.6) is 5.75 Å². The van der Waals surface area contributed by atoms with Gasteiger partial charge in [0.2, 0.25) is 5.43 Å².